The van der Waals surface area contributed by atoms with Crippen molar-refractivity contribution in [3.8, 4) is 5.75 Å². The van der Waals surface area contributed by atoms with Crippen LogP contribution in [0, 0.1) is 11.8 Å². The summed E-state index contributed by atoms with van der Waals surface area (Å²) in [4.78, 5) is 30.7. The van der Waals surface area contributed by atoms with Gasteiger partial charge in [0.15, 0.2) is 0 Å². The van der Waals surface area contributed by atoms with Gasteiger partial charge in [-0.2, -0.15) is 0 Å². The summed E-state index contributed by atoms with van der Waals surface area (Å²) in [7, 11) is -2.43. The van der Waals surface area contributed by atoms with Gasteiger partial charge in [0.25, 0.3) is 15.9 Å². The van der Waals surface area contributed by atoms with Gasteiger partial charge in [0.05, 0.1) is 22.7 Å². The van der Waals surface area contributed by atoms with Crippen molar-refractivity contribution in [2.45, 2.75) is 93.2 Å². The highest BCUT2D eigenvalue weighted by Gasteiger charge is 2.45. The molecule has 1 spiro atoms. The van der Waals surface area contributed by atoms with Gasteiger partial charge in [-0.05, 0) is 126 Å². The molecular weight excluding hydrogens is 664 g/mol. The van der Waals surface area contributed by atoms with Crippen LogP contribution < -0.4 is 19.7 Å². The molecule has 0 radical (unpaired) electrons. The molecule has 2 heterocycles. The zero-order chi connectivity index (χ0) is 34.6. The molecule has 3 aliphatic carbocycles. The number of aryl methyl sites for hydroxylation is 1. The fourth-order valence-corrected chi connectivity index (χ4v) is 9.33. The second-order valence-corrected chi connectivity index (χ2v) is 17.3. The standard InChI is InChI=1S/C37H47ClN4O6S/c1-36(2)34(43)40-49(45,46)28-13-16-33-31(20-28)42(22-37(23-47-33)17-5-7-24-19-26(38)12-15-30(24)37)21-25-11-14-29(25)32(10-6-18-41(36)3)48-35(44)39-27-8-4-9-27/h6,10,12-13,15-16,19-20,25,27,29,32H,4-5,7-9,11,14,17-18,21-23H2,1-3H3,(H,39,44)(H,40,43)/b10-6+/t25-,29+,32-,37-/m0/s1. The smallest absolute Gasteiger partial charge is 0.407 e. The van der Waals surface area contributed by atoms with E-state index < -0.39 is 33.7 Å². The molecule has 2 aliphatic heterocycles. The number of carbonyl (C=O) groups is 2. The number of halogens is 1. The molecule has 0 aromatic heterocycles. The second kappa shape index (κ2) is 13.1. The molecule has 0 saturated heterocycles. The lowest BCUT2D eigenvalue weighted by molar-refractivity contribution is -0.128. The van der Waals surface area contributed by atoms with Crippen LogP contribution in [-0.2, 0) is 31.4 Å². The Balaban J connectivity index is 1.28. The van der Waals surface area contributed by atoms with Gasteiger partial charge in [0.1, 0.15) is 11.9 Å². The van der Waals surface area contributed by atoms with Gasteiger partial charge >= 0.3 is 6.09 Å². The third-order valence-corrected chi connectivity index (χ3v) is 13.3. The molecule has 49 heavy (non-hydrogen) atoms. The molecule has 264 valence electrons. The molecule has 2 amide bonds. The topological polar surface area (TPSA) is 117 Å². The summed E-state index contributed by atoms with van der Waals surface area (Å²) in [5, 5.41) is 3.74. The summed E-state index contributed by atoms with van der Waals surface area (Å²) in [6, 6.07) is 11.2. The Kier molecular flexibility index (Phi) is 9.15. The van der Waals surface area contributed by atoms with Crippen molar-refractivity contribution >= 4 is 39.3 Å². The summed E-state index contributed by atoms with van der Waals surface area (Å²) < 4.78 is 42.6. The van der Waals surface area contributed by atoms with Gasteiger partial charge < -0.3 is 19.7 Å². The van der Waals surface area contributed by atoms with Crippen LogP contribution in [0.5, 0.6) is 5.75 Å². The molecule has 2 saturated carbocycles. The maximum atomic E-state index is 13.7. The highest BCUT2D eigenvalue weighted by molar-refractivity contribution is 7.90. The van der Waals surface area contributed by atoms with E-state index in [1.165, 1.54) is 17.2 Å². The molecule has 2 aromatic rings. The maximum Gasteiger partial charge on any atom is 0.407 e. The quantitative estimate of drug-likeness (QED) is 0.389. The Morgan fingerprint density at radius 2 is 1.92 bits per heavy atom. The van der Waals surface area contributed by atoms with Crippen molar-refractivity contribution in [3.05, 3.63) is 64.7 Å². The number of anilines is 1. The van der Waals surface area contributed by atoms with Crippen LogP contribution >= 0.6 is 11.6 Å². The van der Waals surface area contributed by atoms with Crippen LogP contribution in [0.1, 0.15) is 69.9 Å². The van der Waals surface area contributed by atoms with Crippen LogP contribution in [0.15, 0.2) is 53.4 Å². The minimum Gasteiger partial charge on any atom is -0.490 e. The second-order valence-electron chi connectivity index (χ2n) is 15.2. The first-order valence-corrected chi connectivity index (χ1v) is 19.4. The van der Waals surface area contributed by atoms with Gasteiger partial charge in [0.2, 0.25) is 0 Å². The van der Waals surface area contributed by atoms with Gasteiger partial charge in [-0.1, -0.05) is 23.7 Å². The highest BCUT2D eigenvalue weighted by Crippen LogP contribution is 2.47. The average molecular weight is 711 g/mol. The molecule has 12 heteroatoms. The Bertz CT molecular complexity index is 1760. The SMILES string of the molecule is CN1C/C=C/[C@H](OC(=O)NC2CCC2)[C@@H]2CC[C@H]2CN2C[C@@]3(CCCc4cc(Cl)ccc43)COc3ccc(cc32)S(=O)(=O)NC(=O)C1(C)C. The Morgan fingerprint density at radius 3 is 2.65 bits per heavy atom. The van der Waals surface area contributed by atoms with Crippen molar-refractivity contribution < 1.29 is 27.5 Å². The molecule has 2 fully saturated rings. The van der Waals surface area contributed by atoms with E-state index in [-0.39, 0.29) is 28.2 Å². The zero-order valence-electron chi connectivity index (χ0n) is 28.5. The third kappa shape index (κ3) is 6.66. The monoisotopic (exact) mass is 710 g/mol. The van der Waals surface area contributed by atoms with Crippen LogP contribution in [0.25, 0.3) is 0 Å². The van der Waals surface area contributed by atoms with Crippen molar-refractivity contribution in [2.75, 3.05) is 38.2 Å². The third-order valence-electron chi connectivity index (χ3n) is 11.8. The molecule has 2 N–H and O–H groups in total. The van der Waals surface area contributed by atoms with E-state index in [2.05, 4.69) is 27.1 Å². The first kappa shape index (κ1) is 34.2. The van der Waals surface area contributed by atoms with Crippen molar-refractivity contribution in [3.63, 3.8) is 0 Å². The van der Waals surface area contributed by atoms with Gasteiger partial charge in [-0.3, -0.25) is 9.69 Å². The number of rotatable bonds is 2. The Labute approximate surface area is 294 Å². The van der Waals surface area contributed by atoms with Crippen molar-refractivity contribution in [1.82, 2.24) is 14.9 Å². The molecule has 0 unspecified atom stereocenters. The molecule has 2 bridgehead atoms. The molecule has 7 rings (SSSR count). The number of fused-ring (bicyclic) bond motifs is 4. The summed E-state index contributed by atoms with van der Waals surface area (Å²) in [6.07, 6.45) is 10.8. The molecule has 10 nitrogen and oxygen atoms in total. The highest BCUT2D eigenvalue weighted by atomic mass is 35.5. The summed E-state index contributed by atoms with van der Waals surface area (Å²) in [5.74, 6) is 0.227. The fourth-order valence-electron chi connectivity index (χ4n) is 8.00. The van der Waals surface area contributed by atoms with Crippen molar-refractivity contribution in [1.29, 1.82) is 0 Å². The van der Waals surface area contributed by atoms with Gasteiger partial charge in [0, 0.05) is 42.0 Å². The van der Waals surface area contributed by atoms with E-state index in [1.807, 2.05) is 18.2 Å². The largest absolute Gasteiger partial charge is 0.490 e. The number of carbonyl (C=O) groups excluding carboxylic acids is 2. The number of hydrogen-bond donors (Lipinski definition) is 2. The molecule has 5 aliphatic rings. The van der Waals surface area contributed by atoms with Crippen LogP contribution in [0.2, 0.25) is 5.02 Å². The number of benzene rings is 2. The van der Waals surface area contributed by atoms with E-state index in [4.69, 9.17) is 21.1 Å². The molecule has 4 atom stereocenters. The Hall–Kier alpha value is -3.28. The van der Waals surface area contributed by atoms with E-state index in [1.54, 1.807) is 37.9 Å². The van der Waals surface area contributed by atoms with Gasteiger partial charge in [-0.25, -0.2) is 17.9 Å². The summed E-state index contributed by atoms with van der Waals surface area (Å²) in [5.41, 5.74) is 1.63. The first-order chi connectivity index (χ1) is 23.3. The van der Waals surface area contributed by atoms with E-state index in [0.29, 0.717) is 42.7 Å². The predicted octanol–water partition coefficient (Wildman–Crippen LogP) is 5.57. The summed E-state index contributed by atoms with van der Waals surface area (Å²) >= 11 is 6.44. The van der Waals surface area contributed by atoms with Crippen LogP contribution in [0.4, 0.5) is 10.5 Å². The predicted molar refractivity (Wildman–Crippen MR) is 189 cm³/mol. The number of ether oxygens (including phenoxy) is 2. The number of sulfonamides is 1. The lowest BCUT2D eigenvalue weighted by Crippen LogP contribution is -2.54. The minimum absolute atomic E-state index is 0.00412. The molecule has 2 aromatic carbocycles. The average Bonchev–Trinajstić information content (AvgIpc) is 3.17. The normalized spacial score (nSPS) is 30.2. The fraction of sp³-hybridized carbons (Fsp3) is 0.568. The number of likely N-dealkylation sites (N-methyl/N-ethyl adjacent to an activating group) is 1. The number of hydrogen-bond acceptors (Lipinski definition) is 8. The zero-order valence-corrected chi connectivity index (χ0v) is 30.1. The lowest BCUT2D eigenvalue weighted by Gasteiger charge is -2.46. The maximum absolute atomic E-state index is 13.7. The van der Waals surface area contributed by atoms with E-state index in [9.17, 15) is 18.0 Å². The number of nitrogens with zero attached hydrogens (tertiary/aromatic N) is 2. The van der Waals surface area contributed by atoms with Gasteiger partial charge in [-0.15, -0.1) is 0 Å². The summed E-state index contributed by atoms with van der Waals surface area (Å²) in [6.45, 7) is 5.44. The Morgan fingerprint density at radius 1 is 1.10 bits per heavy atom. The van der Waals surface area contributed by atoms with E-state index in [0.717, 1.165) is 51.4 Å². The van der Waals surface area contributed by atoms with Crippen LogP contribution in [-0.4, -0.2) is 76.3 Å². The number of nitrogens with one attached hydrogen (secondary N) is 2. The molecular formula is C37H47ClN4O6S. The van der Waals surface area contributed by atoms with Crippen molar-refractivity contribution in [2.24, 2.45) is 11.8 Å². The first-order valence-electron chi connectivity index (χ1n) is 17.6. The van der Waals surface area contributed by atoms with E-state index >= 15 is 0 Å². The lowest BCUT2D eigenvalue weighted by atomic mass is 9.68. The minimum atomic E-state index is -4.20. The number of alkyl carbamates (subject to hydrolysis) is 1. The number of amides is 2. The van der Waals surface area contributed by atoms with Crippen LogP contribution in [0.3, 0.4) is 0 Å².